The molecule has 1 fully saturated rings. The van der Waals surface area contributed by atoms with Crippen LogP contribution in [0.5, 0.6) is 5.75 Å². The van der Waals surface area contributed by atoms with Gasteiger partial charge in [-0.25, -0.2) is 4.98 Å². The lowest BCUT2D eigenvalue weighted by Crippen LogP contribution is -2.48. The second-order valence-corrected chi connectivity index (χ2v) is 9.97. The highest BCUT2D eigenvalue weighted by molar-refractivity contribution is 7.18. The summed E-state index contributed by atoms with van der Waals surface area (Å²) < 4.78 is 12.5. The van der Waals surface area contributed by atoms with Crippen molar-refractivity contribution in [2.24, 2.45) is 0 Å². The zero-order valence-electron chi connectivity index (χ0n) is 19.5. The largest absolute Gasteiger partial charge is 0.491 e. The van der Waals surface area contributed by atoms with Crippen molar-refractivity contribution in [3.05, 3.63) is 58.9 Å². The quantitative estimate of drug-likeness (QED) is 0.411. The van der Waals surface area contributed by atoms with E-state index < -0.39 is 6.10 Å². The van der Waals surface area contributed by atoms with Gasteiger partial charge in [-0.1, -0.05) is 29.4 Å². The molecule has 1 N–H and O–H groups in total. The molecule has 178 valence electrons. The molecule has 0 unspecified atom stereocenters. The highest BCUT2D eigenvalue weighted by Gasteiger charge is 2.21. The van der Waals surface area contributed by atoms with E-state index in [2.05, 4.69) is 24.9 Å². The lowest BCUT2D eigenvalue weighted by atomic mass is 10.1. The van der Waals surface area contributed by atoms with Crippen LogP contribution >= 0.6 is 11.3 Å². The molecule has 1 atom stereocenters. The Morgan fingerprint density at radius 3 is 2.68 bits per heavy atom. The van der Waals surface area contributed by atoms with E-state index in [0.29, 0.717) is 24.8 Å². The lowest BCUT2D eigenvalue weighted by Gasteiger charge is -2.34. The molecule has 8 nitrogen and oxygen atoms in total. The van der Waals surface area contributed by atoms with E-state index in [0.717, 1.165) is 58.3 Å². The average molecular weight is 480 g/mol. The minimum absolute atomic E-state index is 0.262. The Balaban J connectivity index is 1.06. The number of hydrogen-bond acceptors (Lipinski definition) is 9. The van der Waals surface area contributed by atoms with Crippen LogP contribution in [0.4, 0.5) is 0 Å². The Morgan fingerprint density at radius 2 is 1.85 bits per heavy atom. The minimum Gasteiger partial charge on any atom is -0.491 e. The maximum absolute atomic E-state index is 10.5. The van der Waals surface area contributed by atoms with Crippen molar-refractivity contribution in [3.63, 3.8) is 0 Å². The van der Waals surface area contributed by atoms with Gasteiger partial charge >= 0.3 is 0 Å². The van der Waals surface area contributed by atoms with Crippen LogP contribution in [0.15, 0.2) is 47.0 Å². The van der Waals surface area contributed by atoms with Gasteiger partial charge in [-0.15, -0.1) is 11.3 Å². The summed E-state index contributed by atoms with van der Waals surface area (Å²) in [5.74, 6) is 2.01. The maximum atomic E-state index is 10.5. The van der Waals surface area contributed by atoms with Crippen molar-refractivity contribution in [1.82, 2.24) is 24.9 Å². The van der Waals surface area contributed by atoms with E-state index in [-0.39, 0.29) is 6.61 Å². The molecular formula is C25H29N5O3S. The fourth-order valence-corrected chi connectivity index (χ4v) is 5.04. The van der Waals surface area contributed by atoms with Crippen LogP contribution in [0.1, 0.15) is 16.5 Å². The molecule has 0 spiro atoms. The van der Waals surface area contributed by atoms with Gasteiger partial charge in [-0.2, -0.15) is 4.98 Å². The zero-order chi connectivity index (χ0) is 23.5. The predicted molar refractivity (Wildman–Crippen MR) is 132 cm³/mol. The Kier molecular flexibility index (Phi) is 6.87. The van der Waals surface area contributed by atoms with Gasteiger partial charge in [-0.3, -0.25) is 9.80 Å². The highest BCUT2D eigenvalue weighted by atomic mass is 32.1. The van der Waals surface area contributed by atoms with Crippen LogP contribution in [0, 0.1) is 13.8 Å². The summed E-state index contributed by atoms with van der Waals surface area (Å²) in [7, 11) is 0. The van der Waals surface area contributed by atoms with Gasteiger partial charge in [0, 0.05) is 44.4 Å². The zero-order valence-corrected chi connectivity index (χ0v) is 20.3. The summed E-state index contributed by atoms with van der Waals surface area (Å²) in [6.45, 7) is 9.05. The average Bonchev–Trinajstić information content (AvgIpc) is 3.44. The number of aryl methyl sites for hydroxylation is 2. The van der Waals surface area contributed by atoms with Crippen LogP contribution in [0.2, 0.25) is 0 Å². The Hall–Kier alpha value is -2.85. The Bertz CT molecular complexity index is 1250. The maximum Gasteiger partial charge on any atom is 0.241 e. The van der Waals surface area contributed by atoms with Crippen LogP contribution in [0.3, 0.4) is 0 Å². The predicted octanol–water partition coefficient (Wildman–Crippen LogP) is 3.52. The second-order valence-electron chi connectivity index (χ2n) is 8.73. The first-order valence-corrected chi connectivity index (χ1v) is 12.4. The van der Waals surface area contributed by atoms with E-state index in [1.54, 1.807) is 11.3 Å². The molecule has 0 saturated carbocycles. The van der Waals surface area contributed by atoms with E-state index in [1.807, 2.05) is 56.3 Å². The molecule has 1 saturated heterocycles. The normalized spacial score (nSPS) is 16.2. The topological polar surface area (TPSA) is 87.8 Å². The SMILES string of the molecule is Cc1nc2cc(OC[C@H](O)CN3CCN(Cc4nc(-c5ccccc5C)no4)CC3)ccc2s1. The molecular weight excluding hydrogens is 450 g/mol. The second kappa shape index (κ2) is 10.2. The van der Waals surface area contributed by atoms with E-state index in [1.165, 1.54) is 0 Å². The summed E-state index contributed by atoms with van der Waals surface area (Å²) in [4.78, 5) is 13.7. The van der Waals surface area contributed by atoms with E-state index >= 15 is 0 Å². The summed E-state index contributed by atoms with van der Waals surface area (Å²) >= 11 is 1.67. The Morgan fingerprint density at radius 1 is 1.06 bits per heavy atom. The molecule has 0 radical (unpaired) electrons. The summed E-state index contributed by atoms with van der Waals surface area (Å²) in [5, 5.41) is 15.7. The van der Waals surface area contributed by atoms with Crippen LogP contribution in [-0.4, -0.2) is 75.5 Å². The number of ether oxygens (including phenoxy) is 1. The number of aromatic nitrogens is 3. The number of fused-ring (bicyclic) bond motifs is 1. The molecule has 0 bridgehead atoms. The number of β-amino-alcohol motifs (C(OH)–C–C–N with tert-alkyl or cyclic N) is 1. The fraction of sp³-hybridized carbons (Fsp3) is 0.400. The first kappa shape index (κ1) is 22.9. The molecule has 9 heteroatoms. The van der Waals surface area contributed by atoms with Crippen molar-refractivity contribution >= 4 is 21.6 Å². The lowest BCUT2D eigenvalue weighted by molar-refractivity contribution is 0.0426. The number of benzene rings is 2. The van der Waals surface area contributed by atoms with Crippen molar-refractivity contribution in [2.75, 3.05) is 39.3 Å². The van der Waals surface area contributed by atoms with Crippen molar-refractivity contribution < 1.29 is 14.4 Å². The molecule has 4 aromatic rings. The third-order valence-electron chi connectivity index (χ3n) is 6.06. The molecule has 0 aliphatic carbocycles. The number of rotatable bonds is 8. The molecule has 0 amide bonds. The number of aliphatic hydroxyl groups excluding tert-OH is 1. The number of nitrogens with zero attached hydrogens (tertiary/aromatic N) is 5. The molecule has 1 aliphatic rings. The minimum atomic E-state index is -0.549. The van der Waals surface area contributed by atoms with Crippen LogP contribution < -0.4 is 4.74 Å². The van der Waals surface area contributed by atoms with Crippen LogP contribution in [0.25, 0.3) is 21.6 Å². The van der Waals surface area contributed by atoms with Gasteiger partial charge < -0.3 is 14.4 Å². The first-order valence-electron chi connectivity index (χ1n) is 11.5. The van der Waals surface area contributed by atoms with Crippen molar-refractivity contribution in [3.8, 4) is 17.1 Å². The van der Waals surface area contributed by atoms with Gasteiger partial charge in [0.05, 0.1) is 21.8 Å². The summed E-state index contributed by atoms with van der Waals surface area (Å²) in [5.41, 5.74) is 3.07. The molecule has 1 aliphatic heterocycles. The van der Waals surface area contributed by atoms with Crippen molar-refractivity contribution in [1.29, 1.82) is 0 Å². The number of hydrogen-bond donors (Lipinski definition) is 1. The first-order chi connectivity index (χ1) is 16.5. The number of aliphatic hydroxyl groups is 1. The van der Waals surface area contributed by atoms with E-state index in [4.69, 9.17) is 9.26 Å². The molecule has 5 rings (SSSR count). The molecule has 2 aromatic heterocycles. The third kappa shape index (κ3) is 5.44. The third-order valence-corrected chi connectivity index (χ3v) is 7.01. The molecule has 3 heterocycles. The summed E-state index contributed by atoms with van der Waals surface area (Å²) in [6, 6.07) is 13.9. The fourth-order valence-electron chi connectivity index (χ4n) is 4.23. The smallest absolute Gasteiger partial charge is 0.241 e. The van der Waals surface area contributed by atoms with Crippen molar-refractivity contribution in [2.45, 2.75) is 26.5 Å². The summed E-state index contributed by atoms with van der Waals surface area (Å²) in [6.07, 6.45) is -0.549. The molecule has 34 heavy (non-hydrogen) atoms. The highest BCUT2D eigenvalue weighted by Crippen LogP contribution is 2.25. The standard InChI is InChI=1S/C25H29N5O3S/c1-17-5-3-4-6-21(17)25-27-24(33-28-25)15-30-11-9-29(10-12-30)14-19(31)16-32-20-7-8-23-22(13-20)26-18(2)34-23/h3-8,13,19,31H,9-12,14-16H2,1-2H3/t19-/m1/s1. The Labute approximate surface area is 202 Å². The number of piperazine rings is 1. The van der Waals surface area contributed by atoms with E-state index in [9.17, 15) is 5.11 Å². The van der Waals surface area contributed by atoms with Gasteiger partial charge in [0.25, 0.3) is 0 Å². The van der Waals surface area contributed by atoms with Gasteiger partial charge in [0.2, 0.25) is 11.7 Å². The van der Waals surface area contributed by atoms with Gasteiger partial charge in [-0.05, 0) is 31.5 Å². The number of thiazole rings is 1. The van der Waals surface area contributed by atoms with Gasteiger partial charge in [0.1, 0.15) is 18.5 Å². The van der Waals surface area contributed by atoms with Crippen LogP contribution in [-0.2, 0) is 6.54 Å². The van der Waals surface area contributed by atoms with Gasteiger partial charge in [0.15, 0.2) is 0 Å². The monoisotopic (exact) mass is 479 g/mol. The molecule has 2 aromatic carbocycles.